The first-order valence-corrected chi connectivity index (χ1v) is 7.65. The van der Waals surface area contributed by atoms with Gasteiger partial charge in [-0.2, -0.15) is 0 Å². The van der Waals surface area contributed by atoms with Crippen LogP contribution in [0.15, 0.2) is 24.3 Å². The summed E-state index contributed by atoms with van der Waals surface area (Å²) in [6, 6.07) is 7.75. The van der Waals surface area contributed by atoms with Crippen molar-refractivity contribution in [1.29, 1.82) is 0 Å². The maximum absolute atomic E-state index is 11.6. The van der Waals surface area contributed by atoms with Crippen molar-refractivity contribution in [3.8, 4) is 0 Å². The fourth-order valence-corrected chi connectivity index (χ4v) is 2.30. The summed E-state index contributed by atoms with van der Waals surface area (Å²) in [4.78, 5) is 11.6. The Morgan fingerprint density at radius 3 is 2.47 bits per heavy atom. The Hall–Kier alpha value is -1.40. The normalized spacial score (nSPS) is 11.6. The summed E-state index contributed by atoms with van der Waals surface area (Å²) in [5.41, 5.74) is 2.13. The van der Waals surface area contributed by atoms with Gasteiger partial charge in [-0.25, -0.2) is 12.7 Å². The summed E-state index contributed by atoms with van der Waals surface area (Å²) in [6.45, 7) is 2.39. The van der Waals surface area contributed by atoms with Gasteiger partial charge in [-0.1, -0.05) is 24.3 Å². The van der Waals surface area contributed by atoms with Gasteiger partial charge in [0.25, 0.3) is 0 Å². The van der Waals surface area contributed by atoms with Crippen LogP contribution in [-0.2, 0) is 21.4 Å². The van der Waals surface area contributed by atoms with E-state index in [0.717, 1.165) is 15.4 Å². The van der Waals surface area contributed by atoms with Crippen LogP contribution in [0.5, 0.6) is 0 Å². The third kappa shape index (κ3) is 5.00. The zero-order chi connectivity index (χ0) is 14.5. The van der Waals surface area contributed by atoms with Crippen molar-refractivity contribution < 1.29 is 13.2 Å². The third-order valence-electron chi connectivity index (χ3n) is 2.88. The topological polar surface area (TPSA) is 66.5 Å². The largest absolute Gasteiger partial charge is 0.352 e. The van der Waals surface area contributed by atoms with Crippen molar-refractivity contribution in [2.45, 2.75) is 19.9 Å². The zero-order valence-corrected chi connectivity index (χ0v) is 12.3. The summed E-state index contributed by atoms with van der Waals surface area (Å²) in [7, 11) is -0.394. The average molecular weight is 284 g/mol. The molecule has 0 fully saturated rings. The van der Waals surface area contributed by atoms with Crippen LogP contribution >= 0.6 is 0 Å². The van der Waals surface area contributed by atoms with Gasteiger partial charge in [0.05, 0.1) is 5.75 Å². The van der Waals surface area contributed by atoms with Crippen LogP contribution in [-0.4, -0.2) is 38.5 Å². The van der Waals surface area contributed by atoms with Gasteiger partial charge in [0.15, 0.2) is 0 Å². The number of hydrogen-bond acceptors (Lipinski definition) is 3. The summed E-state index contributed by atoms with van der Waals surface area (Å²) >= 11 is 0. The fourth-order valence-electron chi connectivity index (χ4n) is 1.49. The van der Waals surface area contributed by atoms with Crippen molar-refractivity contribution in [3.63, 3.8) is 0 Å². The highest BCUT2D eigenvalue weighted by atomic mass is 32.2. The quantitative estimate of drug-likeness (QED) is 0.843. The lowest BCUT2D eigenvalue weighted by Crippen LogP contribution is -2.30. The van der Waals surface area contributed by atoms with Gasteiger partial charge in [-0.05, 0) is 18.1 Å². The van der Waals surface area contributed by atoms with Gasteiger partial charge < -0.3 is 5.32 Å². The number of amides is 1. The molecule has 1 aromatic rings. The van der Waals surface area contributed by atoms with Crippen LogP contribution in [0.3, 0.4) is 0 Å². The van der Waals surface area contributed by atoms with Crippen LogP contribution < -0.4 is 5.32 Å². The lowest BCUT2D eigenvalue weighted by molar-refractivity contribution is -0.120. The van der Waals surface area contributed by atoms with Crippen LogP contribution in [0, 0.1) is 6.92 Å². The van der Waals surface area contributed by atoms with E-state index >= 15 is 0 Å². The van der Waals surface area contributed by atoms with Crippen molar-refractivity contribution in [2.24, 2.45) is 0 Å². The van der Waals surface area contributed by atoms with E-state index in [-0.39, 0.29) is 18.1 Å². The molecule has 19 heavy (non-hydrogen) atoms. The highest BCUT2D eigenvalue weighted by molar-refractivity contribution is 7.89. The molecule has 0 saturated carbocycles. The van der Waals surface area contributed by atoms with Crippen molar-refractivity contribution in [2.75, 3.05) is 19.8 Å². The smallest absolute Gasteiger partial charge is 0.221 e. The molecule has 1 aromatic carbocycles. The minimum Gasteiger partial charge on any atom is -0.352 e. The predicted molar refractivity (Wildman–Crippen MR) is 75.1 cm³/mol. The maximum Gasteiger partial charge on any atom is 0.221 e. The van der Waals surface area contributed by atoms with Gasteiger partial charge in [0.2, 0.25) is 15.9 Å². The highest BCUT2D eigenvalue weighted by Gasteiger charge is 2.15. The van der Waals surface area contributed by atoms with E-state index in [4.69, 9.17) is 0 Å². The zero-order valence-electron chi connectivity index (χ0n) is 11.5. The number of benzene rings is 1. The van der Waals surface area contributed by atoms with Gasteiger partial charge in [-0.3, -0.25) is 4.79 Å². The van der Waals surface area contributed by atoms with Crippen LogP contribution in [0.4, 0.5) is 0 Å². The van der Waals surface area contributed by atoms with Crippen molar-refractivity contribution in [1.82, 2.24) is 9.62 Å². The second-order valence-corrected chi connectivity index (χ2v) is 6.85. The van der Waals surface area contributed by atoms with E-state index < -0.39 is 10.0 Å². The number of aryl methyl sites for hydroxylation is 1. The number of carbonyl (C=O) groups excluding carboxylic acids is 1. The van der Waals surface area contributed by atoms with Gasteiger partial charge in [0, 0.05) is 27.1 Å². The molecule has 5 nitrogen and oxygen atoms in total. The van der Waals surface area contributed by atoms with E-state index in [2.05, 4.69) is 5.32 Å². The van der Waals surface area contributed by atoms with Gasteiger partial charge >= 0.3 is 0 Å². The van der Waals surface area contributed by atoms with Gasteiger partial charge in [0.1, 0.15) is 0 Å². The first-order valence-electron chi connectivity index (χ1n) is 6.04. The van der Waals surface area contributed by atoms with E-state index in [1.165, 1.54) is 14.1 Å². The number of carbonyl (C=O) groups is 1. The molecule has 0 saturated heterocycles. The summed E-state index contributed by atoms with van der Waals surface area (Å²) in [5.74, 6) is -0.423. The molecule has 0 unspecified atom stereocenters. The molecule has 0 aliphatic carbocycles. The van der Waals surface area contributed by atoms with E-state index in [1.807, 2.05) is 31.2 Å². The molecule has 0 heterocycles. The van der Waals surface area contributed by atoms with Crippen LogP contribution in [0.2, 0.25) is 0 Å². The minimum absolute atomic E-state index is 0.0214. The monoisotopic (exact) mass is 284 g/mol. The van der Waals surface area contributed by atoms with Crippen molar-refractivity contribution in [3.05, 3.63) is 35.4 Å². The Bertz CT molecular complexity index is 539. The Morgan fingerprint density at radius 1 is 1.26 bits per heavy atom. The second-order valence-electron chi connectivity index (χ2n) is 4.55. The first-order chi connectivity index (χ1) is 8.83. The Kier molecular flexibility index (Phi) is 5.50. The molecule has 0 bridgehead atoms. The van der Waals surface area contributed by atoms with E-state index in [9.17, 15) is 13.2 Å². The van der Waals surface area contributed by atoms with E-state index in [1.54, 1.807) is 0 Å². The summed E-state index contributed by atoms with van der Waals surface area (Å²) in [5, 5.41) is 2.73. The number of sulfonamides is 1. The molecule has 106 valence electrons. The number of nitrogens with zero attached hydrogens (tertiary/aromatic N) is 1. The average Bonchev–Trinajstić information content (AvgIpc) is 2.35. The number of hydrogen-bond donors (Lipinski definition) is 1. The van der Waals surface area contributed by atoms with E-state index in [0.29, 0.717) is 6.54 Å². The lowest BCUT2D eigenvalue weighted by Gasteiger charge is -2.11. The van der Waals surface area contributed by atoms with Crippen molar-refractivity contribution >= 4 is 15.9 Å². The predicted octanol–water partition coefficient (Wildman–Crippen LogP) is 0.893. The molecular weight excluding hydrogens is 264 g/mol. The molecule has 0 atom stereocenters. The Labute approximate surface area is 114 Å². The number of nitrogens with one attached hydrogen (secondary N) is 1. The molecular formula is C13H20N2O3S. The molecule has 6 heteroatoms. The van der Waals surface area contributed by atoms with Crippen LogP contribution in [0.25, 0.3) is 0 Å². The second kappa shape index (κ2) is 6.68. The maximum atomic E-state index is 11.6. The molecule has 1 amide bonds. The summed E-state index contributed by atoms with van der Waals surface area (Å²) in [6.07, 6.45) is -0.0214. The Morgan fingerprint density at radius 2 is 1.89 bits per heavy atom. The van der Waals surface area contributed by atoms with Gasteiger partial charge in [-0.15, -0.1) is 0 Å². The molecule has 0 radical (unpaired) electrons. The fraction of sp³-hybridized carbons (Fsp3) is 0.462. The summed E-state index contributed by atoms with van der Waals surface area (Å²) < 4.78 is 24.1. The molecule has 1 N–H and O–H groups in total. The lowest BCUT2D eigenvalue weighted by atomic mass is 10.1. The van der Waals surface area contributed by atoms with Crippen LogP contribution in [0.1, 0.15) is 17.5 Å². The molecule has 0 spiro atoms. The molecule has 0 aliphatic rings. The molecule has 0 aliphatic heterocycles. The first kappa shape index (κ1) is 15.7. The minimum atomic E-state index is -3.31. The SMILES string of the molecule is Cc1ccccc1CNC(=O)CCS(=O)(=O)N(C)C. The standard InChI is InChI=1S/C13H20N2O3S/c1-11-6-4-5-7-12(11)10-14-13(16)8-9-19(17,18)15(2)3/h4-7H,8-10H2,1-3H3,(H,14,16). The highest BCUT2D eigenvalue weighted by Crippen LogP contribution is 2.06. The molecule has 1 rings (SSSR count). The number of rotatable bonds is 6. The Balaban J connectivity index is 2.43. The third-order valence-corrected chi connectivity index (χ3v) is 4.71. The molecule has 0 aromatic heterocycles.